The van der Waals surface area contributed by atoms with Gasteiger partial charge < -0.3 is 41.5 Å². The molecule has 13 heteroatoms. The van der Waals surface area contributed by atoms with Crippen molar-refractivity contribution in [1.29, 1.82) is 0 Å². The molecule has 0 aromatic heterocycles. The molecule has 13 nitrogen and oxygen atoms in total. The first-order valence-corrected chi connectivity index (χ1v) is 24.6. The third-order valence-electron chi connectivity index (χ3n) is 11.8. The number of aliphatic hydroxyl groups is 4. The predicted molar refractivity (Wildman–Crippen MR) is 240 cm³/mol. The van der Waals surface area contributed by atoms with Gasteiger partial charge in [-0.1, -0.05) is 175 Å². The smallest absolute Gasteiger partial charge is 0.252 e. The first-order chi connectivity index (χ1) is 28.6. The molecule has 0 aliphatic carbocycles. The minimum absolute atomic E-state index is 0.0208. The third-order valence-corrected chi connectivity index (χ3v) is 11.8. The van der Waals surface area contributed by atoms with Gasteiger partial charge in [0.2, 0.25) is 5.91 Å². The van der Waals surface area contributed by atoms with Crippen LogP contribution in [0.5, 0.6) is 0 Å². The predicted octanol–water partition coefficient (Wildman–Crippen LogP) is 6.83. The van der Waals surface area contributed by atoms with Gasteiger partial charge in [0.1, 0.15) is 18.3 Å². The second kappa shape index (κ2) is 37.2. The van der Waals surface area contributed by atoms with E-state index in [0.29, 0.717) is 13.0 Å². The molecule has 0 radical (unpaired) electrons. The van der Waals surface area contributed by atoms with Crippen LogP contribution in [0.4, 0.5) is 0 Å². The second-order valence-electron chi connectivity index (χ2n) is 17.3. The molecule has 0 aromatic rings. The van der Waals surface area contributed by atoms with Gasteiger partial charge in [-0.2, -0.15) is 0 Å². The highest BCUT2D eigenvalue weighted by atomic mass is 16.6. The first kappa shape index (κ1) is 55.6. The van der Waals surface area contributed by atoms with Crippen LogP contribution in [-0.4, -0.2) is 94.2 Å². The zero-order valence-corrected chi connectivity index (χ0v) is 38.2. The quantitative estimate of drug-likeness (QED) is 0.0228. The van der Waals surface area contributed by atoms with Gasteiger partial charge in [0.05, 0.1) is 24.7 Å². The van der Waals surface area contributed by atoms with Crippen molar-refractivity contribution >= 4 is 11.8 Å². The Bertz CT molecular complexity index is 1000. The fourth-order valence-corrected chi connectivity index (χ4v) is 7.87. The van der Waals surface area contributed by atoms with Gasteiger partial charge in [0.25, 0.3) is 5.91 Å². The molecule has 0 bridgehead atoms. The number of carbonyl (C=O) groups excluding carboxylic acids is 2. The van der Waals surface area contributed by atoms with E-state index in [1.807, 2.05) is 0 Å². The average Bonchev–Trinajstić information content (AvgIpc) is 3.22. The summed E-state index contributed by atoms with van der Waals surface area (Å²) < 4.78 is 4.96. The number of carbonyl (C=O) groups is 2. The summed E-state index contributed by atoms with van der Waals surface area (Å²) >= 11 is 0. The molecule has 9 atom stereocenters. The summed E-state index contributed by atoms with van der Waals surface area (Å²) in [5, 5.41) is 55.7. The largest absolute Gasteiger partial charge is 0.387 e. The summed E-state index contributed by atoms with van der Waals surface area (Å²) in [5.74, 6) is -0.428. The van der Waals surface area contributed by atoms with Crippen LogP contribution in [0.3, 0.4) is 0 Å². The second-order valence-corrected chi connectivity index (χ2v) is 17.3. The molecule has 1 aliphatic rings. The minimum Gasteiger partial charge on any atom is -0.387 e. The Morgan fingerprint density at radius 2 is 1.02 bits per heavy atom. The lowest BCUT2D eigenvalue weighted by atomic mass is 9.98. The maximum Gasteiger partial charge on any atom is 0.252 e. The van der Waals surface area contributed by atoms with Crippen LogP contribution in [0.1, 0.15) is 220 Å². The lowest BCUT2D eigenvalue weighted by Crippen LogP contribution is -2.61. The summed E-state index contributed by atoms with van der Waals surface area (Å²) in [4.78, 5) is 25.1. The highest BCUT2D eigenvalue weighted by Crippen LogP contribution is 2.20. The molecule has 2 amide bonds. The van der Waals surface area contributed by atoms with Crippen LogP contribution in [0.2, 0.25) is 0 Å². The van der Waals surface area contributed by atoms with E-state index in [4.69, 9.17) is 10.5 Å². The fourth-order valence-electron chi connectivity index (χ4n) is 7.87. The van der Waals surface area contributed by atoms with Crippen LogP contribution in [0.15, 0.2) is 0 Å². The van der Waals surface area contributed by atoms with Gasteiger partial charge in [0, 0.05) is 13.0 Å². The van der Waals surface area contributed by atoms with Crippen molar-refractivity contribution in [3.8, 4) is 0 Å². The van der Waals surface area contributed by atoms with E-state index in [0.717, 1.165) is 70.6 Å². The standard InChI is InChI=1S/C46H94N6O7/c1-5-9-29-33-39(51-37(8-4)50-38(32-6-2)49-36(47)7-3)52-40(53)34-30-27-25-23-21-19-17-15-13-11-10-12-14-16-18-20-22-24-26-28-31-35-48-45(57)44-42(55)41(54)43(56)46(58)59-44/h36-39,41-44,46,49-51,54-56,58H,5-35,47H2,1-4H3,(H,48,57)(H,52,53). The van der Waals surface area contributed by atoms with Gasteiger partial charge >= 0.3 is 0 Å². The van der Waals surface area contributed by atoms with E-state index >= 15 is 0 Å². The Morgan fingerprint density at radius 3 is 1.49 bits per heavy atom. The Balaban J connectivity index is 1.96. The molecule has 1 saturated heterocycles. The van der Waals surface area contributed by atoms with Crippen LogP contribution in [-0.2, 0) is 14.3 Å². The van der Waals surface area contributed by atoms with Gasteiger partial charge in [-0.05, 0) is 38.5 Å². The van der Waals surface area contributed by atoms with Crippen molar-refractivity contribution in [3.63, 3.8) is 0 Å². The molecule has 0 saturated carbocycles. The van der Waals surface area contributed by atoms with Gasteiger partial charge in [-0.3, -0.25) is 25.5 Å². The number of hydrogen-bond donors (Lipinski definition) is 10. The molecular formula is C46H94N6O7. The normalized spacial score (nSPS) is 21.5. The summed E-state index contributed by atoms with van der Waals surface area (Å²) in [6.45, 7) is 9.13. The summed E-state index contributed by atoms with van der Waals surface area (Å²) in [5.41, 5.74) is 6.19. The number of nitrogens with one attached hydrogen (secondary N) is 5. The number of ether oxygens (including phenoxy) is 1. The number of aliphatic hydroxyl groups excluding tert-OH is 4. The van der Waals surface area contributed by atoms with Crippen LogP contribution in [0, 0.1) is 0 Å². The van der Waals surface area contributed by atoms with Crippen LogP contribution < -0.4 is 32.3 Å². The molecule has 0 spiro atoms. The third kappa shape index (κ3) is 28.0. The Labute approximate surface area is 360 Å². The maximum atomic E-state index is 12.9. The lowest BCUT2D eigenvalue weighted by molar-refractivity contribution is -0.275. The van der Waals surface area contributed by atoms with Crippen molar-refractivity contribution < 1.29 is 34.8 Å². The molecule has 350 valence electrons. The molecule has 0 aromatic carbocycles. The zero-order chi connectivity index (χ0) is 43.5. The van der Waals surface area contributed by atoms with Crippen molar-refractivity contribution in [1.82, 2.24) is 26.6 Å². The number of rotatable bonds is 40. The fraction of sp³-hybridized carbons (Fsp3) is 0.957. The van der Waals surface area contributed by atoms with E-state index in [1.54, 1.807) is 0 Å². The van der Waals surface area contributed by atoms with E-state index in [9.17, 15) is 30.0 Å². The van der Waals surface area contributed by atoms with Gasteiger partial charge in [-0.25, -0.2) is 0 Å². The van der Waals surface area contributed by atoms with E-state index in [2.05, 4.69) is 54.3 Å². The summed E-state index contributed by atoms with van der Waals surface area (Å²) in [6, 6.07) is 0. The van der Waals surface area contributed by atoms with Gasteiger partial charge in [0.15, 0.2) is 12.4 Å². The molecule has 1 heterocycles. The molecule has 9 unspecified atom stereocenters. The average molecular weight is 843 g/mol. The molecule has 1 aliphatic heterocycles. The number of unbranched alkanes of at least 4 members (excludes halogenated alkanes) is 22. The molecule has 11 N–H and O–H groups in total. The highest BCUT2D eigenvalue weighted by Gasteiger charge is 2.46. The van der Waals surface area contributed by atoms with E-state index in [-0.39, 0.29) is 30.6 Å². The van der Waals surface area contributed by atoms with E-state index in [1.165, 1.54) is 116 Å². The van der Waals surface area contributed by atoms with Crippen LogP contribution in [0.25, 0.3) is 0 Å². The molecule has 59 heavy (non-hydrogen) atoms. The highest BCUT2D eigenvalue weighted by molar-refractivity contribution is 5.81. The van der Waals surface area contributed by atoms with Gasteiger partial charge in [-0.15, -0.1) is 0 Å². The first-order valence-electron chi connectivity index (χ1n) is 24.6. The zero-order valence-electron chi connectivity index (χ0n) is 38.2. The molecular weight excluding hydrogens is 749 g/mol. The SMILES string of the molecule is CCCCCC(NC(=O)CCCCCCCCCCCCCCCCCCCCCCCNC(=O)C1OC(O)C(O)C(O)C1O)NC(CC)NC(CCC)NC(N)CC. The Hall–Kier alpha value is -1.42. The van der Waals surface area contributed by atoms with Crippen molar-refractivity contribution in [2.24, 2.45) is 5.73 Å². The molecule has 1 rings (SSSR count). The lowest BCUT2D eigenvalue weighted by Gasteiger charge is -2.37. The Morgan fingerprint density at radius 1 is 0.525 bits per heavy atom. The van der Waals surface area contributed by atoms with Crippen molar-refractivity contribution in [2.75, 3.05) is 6.54 Å². The van der Waals surface area contributed by atoms with Crippen molar-refractivity contribution in [3.05, 3.63) is 0 Å². The monoisotopic (exact) mass is 843 g/mol. The van der Waals surface area contributed by atoms with Crippen molar-refractivity contribution in [2.45, 2.75) is 276 Å². The van der Waals surface area contributed by atoms with E-state index < -0.39 is 36.6 Å². The number of hydrogen-bond acceptors (Lipinski definition) is 11. The van der Waals surface area contributed by atoms with Crippen LogP contribution >= 0.6 is 0 Å². The number of amides is 2. The minimum atomic E-state index is -1.71. The molecule has 1 fully saturated rings. The maximum absolute atomic E-state index is 12.9. The summed E-state index contributed by atoms with van der Waals surface area (Å²) in [6.07, 6.45) is 27.1. The Kier molecular flexibility index (Phi) is 35.0. The summed E-state index contributed by atoms with van der Waals surface area (Å²) in [7, 11) is 0. The topological polar surface area (TPSA) is 210 Å². The number of nitrogens with two attached hydrogens (primary N) is 1.